The number of hydrogen-bond donors (Lipinski definition) is 2. The van der Waals surface area contributed by atoms with Crippen molar-refractivity contribution in [1.82, 2.24) is 4.98 Å². The Balaban J connectivity index is 0.00000338. The SMILES string of the molecule is COc1cc(O)c(CC=C(C)C)c(O)c1C=CC(=O)c1ccncc1.Cl. The Bertz CT molecular complexity index is 825. The zero-order valence-electron chi connectivity index (χ0n) is 14.9. The van der Waals surface area contributed by atoms with Gasteiger partial charge in [0.2, 0.25) is 0 Å². The van der Waals surface area contributed by atoms with Crippen molar-refractivity contribution in [3.8, 4) is 17.2 Å². The van der Waals surface area contributed by atoms with Crippen molar-refractivity contribution in [3.63, 3.8) is 0 Å². The molecule has 0 amide bonds. The number of phenolic OH excluding ortho intramolecular Hbond substituents is 2. The van der Waals surface area contributed by atoms with E-state index in [2.05, 4.69) is 4.98 Å². The van der Waals surface area contributed by atoms with Gasteiger partial charge in [0, 0.05) is 29.6 Å². The van der Waals surface area contributed by atoms with Gasteiger partial charge in [0.25, 0.3) is 0 Å². The Morgan fingerprint density at radius 2 is 1.88 bits per heavy atom. The van der Waals surface area contributed by atoms with Gasteiger partial charge in [-0.3, -0.25) is 9.78 Å². The van der Waals surface area contributed by atoms with Gasteiger partial charge < -0.3 is 14.9 Å². The summed E-state index contributed by atoms with van der Waals surface area (Å²) in [6.07, 6.45) is 8.20. The van der Waals surface area contributed by atoms with E-state index in [1.807, 2.05) is 19.9 Å². The van der Waals surface area contributed by atoms with Gasteiger partial charge in [-0.2, -0.15) is 0 Å². The van der Waals surface area contributed by atoms with E-state index in [0.29, 0.717) is 23.1 Å². The molecule has 1 aromatic carbocycles. The van der Waals surface area contributed by atoms with Gasteiger partial charge in [-0.05, 0) is 44.6 Å². The number of aromatic nitrogens is 1. The number of ether oxygens (including phenoxy) is 1. The molecule has 2 N–H and O–H groups in total. The molecule has 5 nitrogen and oxygen atoms in total. The first-order valence-corrected chi connectivity index (χ1v) is 7.81. The standard InChI is InChI=1S/C20H21NO4.ClH/c1-13(2)4-5-15-18(23)12-19(25-3)16(20(15)24)6-7-17(22)14-8-10-21-11-9-14;/h4,6-12,23-24H,5H2,1-3H3;1H. The number of phenols is 2. The summed E-state index contributed by atoms with van der Waals surface area (Å²) in [5.41, 5.74) is 2.30. The molecule has 138 valence electrons. The second kappa shape index (κ2) is 9.63. The van der Waals surface area contributed by atoms with E-state index in [1.165, 1.54) is 37.7 Å². The fourth-order valence-corrected chi connectivity index (χ4v) is 2.30. The Morgan fingerprint density at radius 1 is 1.23 bits per heavy atom. The van der Waals surface area contributed by atoms with Crippen LogP contribution in [0.15, 0.2) is 48.3 Å². The van der Waals surface area contributed by atoms with Crippen LogP contribution in [-0.4, -0.2) is 28.1 Å². The molecular formula is C20H22ClNO4. The number of rotatable bonds is 6. The van der Waals surface area contributed by atoms with Crippen molar-refractivity contribution in [2.24, 2.45) is 0 Å². The number of halogens is 1. The minimum absolute atomic E-state index is 0. The third-order valence-corrected chi connectivity index (χ3v) is 3.68. The molecule has 2 rings (SSSR count). The van der Waals surface area contributed by atoms with Crippen LogP contribution in [0.5, 0.6) is 17.2 Å². The largest absolute Gasteiger partial charge is 0.507 e. The second-order valence-electron chi connectivity index (χ2n) is 5.76. The normalized spacial score (nSPS) is 10.3. The summed E-state index contributed by atoms with van der Waals surface area (Å²) in [7, 11) is 1.44. The average Bonchev–Trinajstić information content (AvgIpc) is 2.60. The van der Waals surface area contributed by atoms with Crippen molar-refractivity contribution in [3.05, 3.63) is 65.0 Å². The quantitative estimate of drug-likeness (QED) is 0.446. The molecule has 0 spiro atoms. The minimum atomic E-state index is -0.220. The van der Waals surface area contributed by atoms with Crippen LogP contribution < -0.4 is 4.74 Å². The Morgan fingerprint density at radius 3 is 2.46 bits per heavy atom. The number of carbonyl (C=O) groups is 1. The van der Waals surface area contributed by atoms with Gasteiger partial charge in [0.05, 0.1) is 12.7 Å². The maximum atomic E-state index is 12.2. The summed E-state index contributed by atoms with van der Waals surface area (Å²) >= 11 is 0. The molecule has 0 aliphatic heterocycles. The summed E-state index contributed by atoms with van der Waals surface area (Å²) in [4.78, 5) is 16.1. The number of hydrogen-bond acceptors (Lipinski definition) is 5. The first kappa shape index (κ1) is 21.3. The van der Waals surface area contributed by atoms with Crippen LogP contribution in [0.25, 0.3) is 6.08 Å². The highest BCUT2D eigenvalue weighted by Gasteiger charge is 2.16. The van der Waals surface area contributed by atoms with E-state index in [4.69, 9.17) is 4.74 Å². The van der Waals surface area contributed by atoms with Crippen LogP contribution in [0.2, 0.25) is 0 Å². The fourth-order valence-electron chi connectivity index (χ4n) is 2.30. The molecule has 26 heavy (non-hydrogen) atoms. The molecule has 0 unspecified atom stereocenters. The molecule has 0 radical (unpaired) electrons. The van der Waals surface area contributed by atoms with E-state index in [-0.39, 0.29) is 35.4 Å². The number of benzene rings is 1. The van der Waals surface area contributed by atoms with E-state index in [0.717, 1.165) is 5.57 Å². The van der Waals surface area contributed by atoms with Gasteiger partial charge in [-0.1, -0.05) is 11.6 Å². The number of aromatic hydroxyl groups is 2. The van der Waals surface area contributed by atoms with Crippen molar-refractivity contribution in [1.29, 1.82) is 0 Å². The summed E-state index contributed by atoms with van der Waals surface area (Å²) in [6.45, 7) is 3.87. The first-order valence-electron chi connectivity index (χ1n) is 7.81. The van der Waals surface area contributed by atoms with Crippen LogP contribution in [-0.2, 0) is 6.42 Å². The number of pyridine rings is 1. The zero-order valence-corrected chi connectivity index (χ0v) is 15.7. The van der Waals surface area contributed by atoms with Crippen LogP contribution in [0.4, 0.5) is 0 Å². The molecule has 0 aliphatic carbocycles. The molecule has 0 fully saturated rings. The van der Waals surface area contributed by atoms with Gasteiger partial charge in [-0.25, -0.2) is 0 Å². The predicted octanol–water partition coefficient (Wildman–Crippen LogP) is 4.33. The van der Waals surface area contributed by atoms with Gasteiger partial charge in [-0.15, -0.1) is 12.4 Å². The lowest BCUT2D eigenvalue weighted by atomic mass is 10.0. The van der Waals surface area contributed by atoms with Gasteiger partial charge >= 0.3 is 0 Å². The molecule has 1 heterocycles. The summed E-state index contributed by atoms with van der Waals surface area (Å²) in [5.74, 6) is -0.0879. The monoisotopic (exact) mass is 375 g/mol. The lowest BCUT2D eigenvalue weighted by molar-refractivity contribution is 0.104. The van der Waals surface area contributed by atoms with Crippen molar-refractivity contribution >= 4 is 24.3 Å². The van der Waals surface area contributed by atoms with Crippen molar-refractivity contribution < 1.29 is 19.7 Å². The van der Waals surface area contributed by atoms with E-state index in [1.54, 1.807) is 12.1 Å². The van der Waals surface area contributed by atoms with Crippen molar-refractivity contribution in [2.45, 2.75) is 20.3 Å². The van der Waals surface area contributed by atoms with Crippen molar-refractivity contribution in [2.75, 3.05) is 7.11 Å². The Hall–Kier alpha value is -2.79. The first-order chi connectivity index (χ1) is 11.9. The topological polar surface area (TPSA) is 79.6 Å². The summed E-state index contributed by atoms with van der Waals surface area (Å²) in [5, 5.41) is 20.7. The highest BCUT2D eigenvalue weighted by Crippen LogP contribution is 2.39. The maximum absolute atomic E-state index is 12.2. The Labute approximate surface area is 159 Å². The average molecular weight is 376 g/mol. The van der Waals surface area contributed by atoms with Gasteiger partial charge in [0.1, 0.15) is 17.2 Å². The molecule has 0 saturated heterocycles. The summed E-state index contributed by atoms with van der Waals surface area (Å²) < 4.78 is 5.22. The molecular weight excluding hydrogens is 354 g/mol. The van der Waals surface area contributed by atoms with Gasteiger partial charge in [0.15, 0.2) is 5.78 Å². The zero-order chi connectivity index (χ0) is 18.4. The highest BCUT2D eigenvalue weighted by molar-refractivity contribution is 6.07. The van der Waals surface area contributed by atoms with E-state index < -0.39 is 0 Å². The van der Waals surface area contributed by atoms with Crippen LogP contribution in [0.1, 0.15) is 35.3 Å². The van der Waals surface area contributed by atoms with E-state index >= 15 is 0 Å². The fraction of sp³-hybridized carbons (Fsp3) is 0.200. The molecule has 6 heteroatoms. The summed E-state index contributed by atoms with van der Waals surface area (Å²) in [6, 6.07) is 4.66. The Kier molecular flexibility index (Phi) is 7.87. The van der Waals surface area contributed by atoms with Crippen LogP contribution in [0.3, 0.4) is 0 Å². The number of nitrogens with zero attached hydrogens (tertiary/aromatic N) is 1. The number of allylic oxidation sites excluding steroid dienone is 3. The highest BCUT2D eigenvalue weighted by atomic mass is 35.5. The van der Waals surface area contributed by atoms with Crippen LogP contribution in [0, 0.1) is 0 Å². The molecule has 0 saturated carbocycles. The third kappa shape index (κ3) is 5.10. The minimum Gasteiger partial charge on any atom is -0.507 e. The molecule has 2 aromatic rings. The van der Waals surface area contributed by atoms with E-state index in [9.17, 15) is 15.0 Å². The lowest BCUT2D eigenvalue weighted by Gasteiger charge is -2.13. The number of ketones is 1. The predicted molar refractivity (Wildman–Crippen MR) is 104 cm³/mol. The second-order valence-corrected chi connectivity index (χ2v) is 5.76. The molecule has 1 aromatic heterocycles. The molecule has 0 aliphatic rings. The smallest absolute Gasteiger partial charge is 0.185 e. The lowest BCUT2D eigenvalue weighted by Crippen LogP contribution is -1.96. The van der Waals surface area contributed by atoms with Crippen LogP contribution >= 0.6 is 12.4 Å². The number of methoxy groups -OCH3 is 1. The molecule has 0 atom stereocenters. The number of carbonyl (C=O) groups excluding carboxylic acids is 1. The maximum Gasteiger partial charge on any atom is 0.185 e. The molecule has 0 bridgehead atoms. The third-order valence-electron chi connectivity index (χ3n) is 3.68.